The molecule has 0 amide bonds. The Bertz CT molecular complexity index is 341. The highest BCUT2D eigenvalue weighted by Crippen LogP contribution is 2.38. The molecule has 0 aromatic carbocycles. The number of fused-ring (bicyclic) bond motifs is 1. The van der Waals surface area contributed by atoms with E-state index in [9.17, 15) is 4.79 Å². The molecular weight excluding hydrogens is 236 g/mol. The van der Waals surface area contributed by atoms with E-state index in [-0.39, 0.29) is 5.78 Å². The molecule has 1 nitrogen and oxygen atoms in total. The van der Waals surface area contributed by atoms with E-state index in [1.54, 1.807) is 18.3 Å². The van der Waals surface area contributed by atoms with Gasteiger partial charge in [-0.3, -0.25) is 4.79 Å². The summed E-state index contributed by atoms with van der Waals surface area (Å²) in [6, 6.07) is 0. The Hall–Kier alpha value is -0.150. The van der Waals surface area contributed by atoms with Gasteiger partial charge in [0.05, 0.1) is 8.66 Å². The summed E-state index contributed by atoms with van der Waals surface area (Å²) in [5.41, 5.74) is 2.68. The minimum absolute atomic E-state index is 0.212. The Labute approximate surface area is 83.9 Å². The monoisotopic (exact) mass is 244 g/mol. The van der Waals surface area contributed by atoms with Crippen LogP contribution in [0.1, 0.15) is 34.1 Å². The van der Waals surface area contributed by atoms with Crippen LogP contribution in [0.4, 0.5) is 0 Å². The molecule has 0 spiro atoms. The molecule has 1 heterocycles. The fraction of sp³-hybridized carbons (Fsp3) is 0.444. The van der Waals surface area contributed by atoms with Crippen molar-refractivity contribution in [3.05, 3.63) is 19.8 Å². The smallest absolute Gasteiger partial charge is 0.170 e. The minimum Gasteiger partial charge on any atom is -0.294 e. The molecule has 0 saturated heterocycles. The van der Waals surface area contributed by atoms with Gasteiger partial charge in [-0.25, -0.2) is 0 Å². The number of halogens is 1. The van der Waals surface area contributed by atoms with Crippen molar-refractivity contribution < 1.29 is 4.79 Å². The van der Waals surface area contributed by atoms with Crippen LogP contribution >= 0.6 is 27.3 Å². The van der Waals surface area contributed by atoms with Crippen LogP contribution in [0.2, 0.25) is 0 Å². The van der Waals surface area contributed by atoms with Gasteiger partial charge in [-0.2, -0.15) is 0 Å². The van der Waals surface area contributed by atoms with E-state index in [1.807, 2.05) is 0 Å². The summed E-state index contributed by atoms with van der Waals surface area (Å²) in [6.07, 6.45) is 3.43. The Morgan fingerprint density at radius 3 is 2.75 bits per heavy atom. The SMILES string of the molecule is CC(=O)c1sc(Br)c2c1CCC2. The van der Waals surface area contributed by atoms with Gasteiger partial charge in [0.25, 0.3) is 0 Å². The summed E-state index contributed by atoms with van der Waals surface area (Å²) in [7, 11) is 0. The molecule has 0 atom stereocenters. The van der Waals surface area contributed by atoms with Crippen molar-refractivity contribution in [2.45, 2.75) is 26.2 Å². The molecule has 0 bridgehead atoms. The van der Waals surface area contributed by atoms with Crippen LogP contribution in [0.3, 0.4) is 0 Å². The molecular formula is C9H9BrOS. The predicted octanol–water partition coefficient (Wildman–Crippen LogP) is 3.20. The Kier molecular flexibility index (Phi) is 2.09. The third-order valence-electron chi connectivity index (χ3n) is 2.24. The van der Waals surface area contributed by atoms with E-state index in [4.69, 9.17) is 0 Å². The molecule has 1 aliphatic carbocycles. The first-order valence-electron chi connectivity index (χ1n) is 4.01. The second-order valence-corrected chi connectivity index (χ2v) is 5.41. The third kappa shape index (κ3) is 1.15. The second-order valence-electron chi connectivity index (χ2n) is 3.07. The van der Waals surface area contributed by atoms with Crippen molar-refractivity contribution in [3.8, 4) is 0 Å². The number of thiophene rings is 1. The number of hydrogen-bond donors (Lipinski definition) is 0. The van der Waals surface area contributed by atoms with Crippen molar-refractivity contribution in [1.29, 1.82) is 0 Å². The first-order chi connectivity index (χ1) is 5.70. The lowest BCUT2D eigenvalue weighted by Gasteiger charge is -1.92. The highest BCUT2D eigenvalue weighted by molar-refractivity contribution is 9.11. The van der Waals surface area contributed by atoms with Crippen molar-refractivity contribution in [3.63, 3.8) is 0 Å². The van der Waals surface area contributed by atoms with Crippen molar-refractivity contribution in [2.24, 2.45) is 0 Å². The van der Waals surface area contributed by atoms with E-state index >= 15 is 0 Å². The van der Waals surface area contributed by atoms with Crippen LogP contribution in [0.5, 0.6) is 0 Å². The third-order valence-corrected chi connectivity index (χ3v) is 4.37. The average Bonchev–Trinajstić information content (AvgIpc) is 2.53. The van der Waals surface area contributed by atoms with Gasteiger partial charge in [0.1, 0.15) is 0 Å². The van der Waals surface area contributed by atoms with E-state index < -0.39 is 0 Å². The summed E-state index contributed by atoms with van der Waals surface area (Å²) in [5, 5.41) is 0. The molecule has 0 N–H and O–H groups in total. The molecule has 0 radical (unpaired) electrons. The maximum Gasteiger partial charge on any atom is 0.170 e. The molecule has 0 fully saturated rings. The Morgan fingerprint density at radius 2 is 2.08 bits per heavy atom. The van der Waals surface area contributed by atoms with Crippen molar-refractivity contribution >= 4 is 33.0 Å². The highest BCUT2D eigenvalue weighted by atomic mass is 79.9. The molecule has 64 valence electrons. The normalized spacial score (nSPS) is 14.8. The van der Waals surface area contributed by atoms with E-state index in [2.05, 4.69) is 15.9 Å². The van der Waals surface area contributed by atoms with E-state index in [0.717, 1.165) is 17.7 Å². The minimum atomic E-state index is 0.212. The number of carbonyl (C=O) groups excluding carboxylic acids is 1. The van der Waals surface area contributed by atoms with Gasteiger partial charge in [0.2, 0.25) is 0 Å². The Balaban J connectivity index is 2.58. The summed E-state index contributed by atoms with van der Waals surface area (Å²) in [6.45, 7) is 1.65. The number of Topliss-reactive ketones (excluding diaryl/α,β-unsaturated/α-hetero) is 1. The van der Waals surface area contributed by atoms with Crippen molar-refractivity contribution in [2.75, 3.05) is 0 Å². The molecule has 0 aliphatic heterocycles. The lowest BCUT2D eigenvalue weighted by atomic mass is 10.1. The van der Waals surface area contributed by atoms with Crippen molar-refractivity contribution in [1.82, 2.24) is 0 Å². The number of hydrogen-bond acceptors (Lipinski definition) is 2. The van der Waals surface area contributed by atoms with Gasteiger partial charge >= 0.3 is 0 Å². The molecule has 2 rings (SSSR count). The highest BCUT2D eigenvalue weighted by Gasteiger charge is 2.22. The summed E-state index contributed by atoms with van der Waals surface area (Å²) in [4.78, 5) is 12.2. The summed E-state index contributed by atoms with van der Waals surface area (Å²) < 4.78 is 1.17. The van der Waals surface area contributed by atoms with Gasteiger partial charge in [0, 0.05) is 0 Å². The number of rotatable bonds is 1. The molecule has 12 heavy (non-hydrogen) atoms. The van der Waals surface area contributed by atoms with Crippen LogP contribution in [-0.4, -0.2) is 5.78 Å². The van der Waals surface area contributed by atoms with Crippen LogP contribution in [0, 0.1) is 0 Å². The van der Waals surface area contributed by atoms with E-state index in [0.29, 0.717) is 0 Å². The zero-order valence-corrected chi connectivity index (χ0v) is 9.22. The number of ketones is 1. The van der Waals surface area contributed by atoms with Crippen LogP contribution < -0.4 is 0 Å². The summed E-state index contributed by atoms with van der Waals surface area (Å²) in [5.74, 6) is 0.212. The first kappa shape index (κ1) is 8.45. The molecule has 3 heteroatoms. The molecule has 1 aliphatic rings. The fourth-order valence-corrected chi connectivity index (χ4v) is 3.65. The van der Waals surface area contributed by atoms with E-state index in [1.165, 1.54) is 21.3 Å². The van der Waals surface area contributed by atoms with Crippen LogP contribution in [0.25, 0.3) is 0 Å². The van der Waals surface area contributed by atoms with Gasteiger partial charge < -0.3 is 0 Å². The molecule has 0 saturated carbocycles. The standard InChI is InChI=1S/C9H9BrOS/c1-5(11)8-6-3-2-4-7(6)9(10)12-8/h2-4H2,1H3. The first-order valence-corrected chi connectivity index (χ1v) is 5.62. The zero-order valence-electron chi connectivity index (χ0n) is 6.82. The largest absolute Gasteiger partial charge is 0.294 e. The van der Waals surface area contributed by atoms with Gasteiger partial charge in [0.15, 0.2) is 5.78 Å². The summed E-state index contributed by atoms with van der Waals surface area (Å²) >= 11 is 5.09. The van der Waals surface area contributed by atoms with Crippen LogP contribution in [-0.2, 0) is 12.8 Å². The molecule has 0 unspecified atom stereocenters. The molecule has 1 aromatic rings. The average molecular weight is 245 g/mol. The molecule has 1 aromatic heterocycles. The maximum atomic E-state index is 11.2. The fourth-order valence-electron chi connectivity index (χ4n) is 1.71. The van der Waals surface area contributed by atoms with Gasteiger partial charge in [-0.1, -0.05) is 0 Å². The lowest BCUT2D eigenvalue weighted by molar-refractivity contribution is 0.102. The number of carbonyl (C=O) groups is 1. The predicted molar refractivity (Wildman–Crippen MR) is 54.0 cm³/mol. The maximum absolute atomic E-state index is 11.2. The second kappa shape index (κ2) is 2.96. The quantitative estimate of drug-likeness (QED) is 0.694. The lowest BCUT2D eigenvalue weighted by Crippen LogP contribution is -1.91. The van der Waals surface area contributed by atoms with Gasteiger partial charge in [-0.15, -0.1) is 11.3 Å². The van der Waals surface area contributed by atoms with Gasteiger partial charge in [-0.05, 0) is 53.2 Å². The zero-order chi connectivity index (χ0) is 8.72. The Morgan fingerprint density at radius 1 is 1.42 bits per heavy atom. The topological polar surface area (TPSA) is 17.1 Å². The van der Waals surface area contributed by atoms with Crippen LogP contribution in [0.15, 0.2) is 3.79 Å².